The number of hydrogen-bond acceptors (Lipinski definition) is 10. The van der Waals surface area contributed by atoms with Gasteiger partial charge in [0, 0.05) is 17.2 Å². The van der Waals surface area contributed by atoms with Gasteiger partial charge in [-0.2, -0.15) is 5.21 Å². The van der Waals surface area contributed by atoms with E-state index in [-0.39, 0.29) is 29.2 Å². The van der Waals surface area contributed by atoms with E-state index in [9.17, 15) is 29.2 Å². The van der Waals surface area contributed by atoms with Crippen LogP contribution in [0.25, 0.3) is 0 Å². The molecule has 2 unspecified atom stereocenters. The smallest absolute Gasteiger partial charge is 0.352 e. The van der Waals surface area contributed by atoms with Gasteiger partial charge in [-0.3, -0.25) is 19.1 Å². The number of β-lactam (4-membered cyclic amide) rings is 1. The number of aliphatic carboxylic acids is 1. The highest BCUT2D eigenvalue weighted by atomic mass is 32.2. The number of carbonyl (C=O) groups excluding carboxylic acids is 2. The Morgan fingerprint density at radius 3 is 2.63 bits per heavy atom. The second kappa shape index (κ2) is 12.0. The number of carbonyl (C=O) groups is 3. The van der Waals surface area contributed by atoms with Crippen molar-refractivity contribution in [3.63, 3.8) is 0 Å². The molecule has 4 rings (SSSR count). The number of thioether (sulfide) groups is 2. The van der Waals surface area contributed by atoms with Gasteiger partial charge in [-0.15, -0.1) is 22.0 Å². The SMILES string of the molecule is O=C(O)C1=C(C(CCCCP(=O)(O)O)Sc2nn[nH]n2)CS[C@H]2[C@H](NC(=O)C(O)c3ccccc3)C(=O)N12. The molecular formula is C21H25N6O8PS2. The molecular weight excluding hydrogens is 559 g/mol. The number of unbranched alkanes of at least 4 members (excludes halogenated alkanes) is 1. The van der Waals surface area contributed by atoms with Gasteiger partial charge in [-0.25, -0.2) is 4.79 Å². The van der Waals surface area contributed by atoms with E-state index in [2.05, 4.69) is 25.9 Å². The molecule has 1 fully saturated rings. The normalized spacial score (nSPS) is 20.9. The van der Waals surface area contributed by atoms with Gasteiger partial charge in [0.1, 0.15) is 17.1 Å². The molecule has 2 aromatic rings. The number of aliphatic hydroxyl groups excluding tert-OH is 1. The average molecular weight is 585 g/mol. The van der Waals surface area contributed by atoms with Crippen LogP contribution in [0.15, 0.2) is 46.8 Å². The molecule has 0 radical (unpaired) electrons. The third kappa shape index (κ3) is 6.45. The Labute approximate surface area is 224 Å². The van der Waals surface area contributed by atoms with Crippen molar-refractivity contribution < 1.29 is 38.9 Å². The molecule has 204 valence electrons. The van der Waals surface area contributed by atoms with E-state index in [1.54, 1.807) is 30.3 Å². The minimum Gasteiger partial charge on any atom is -0.477 e. The molecule has 0 spiro atoms. The molecule has 3 heterocycles. The monoisotopic (exact) mass is 584 g/mol. The van der Waals surface area contributed by atoms with E-state index in [4.69, 9.17) is 9.79 Å². The lowest BCUT2D eigenvalue weighted by atomic mass is 9.99. The van der Waals surface area contributed by atoms with Crippen molar-refractivity contribution in [2.24, 2.45) is 0 Å². The van der Waals surface area contributed by atoms with Crippen LogP contribution in [0.2, 0.25) is 0 Å². The molecule has 0 aliphatic carbocycles. The summed E-state index contributed by atoms with van der Waals surface area (Å²) in [5.74, 6) is -2.48. The zero-order valence-corrected chi connectivity index (χ0v) is 22.2. The van der Waals surface area contributed by atoms with Gasteiger partial charge < -0.3 is 25.3 Å². The zero-order chi connectivity index (χ0) is 27.4. The van der Waals surface area contributed by atoms with E-state index >= 15 is 0 Å². The van der Waals surface area contributed by atoms with Gasteiger partial charge in [0.25, 0.3) is 11.8 Å². The number of carboxylic acids is 1. The average Bonchev–Trinajstić information content (AvgIpc) is 3.40. The number of amides is 2. The molecule has 6 N–H and O–H groups in total. The Morgan fingerprint density at radius 1 is 1.26 bits per heavy atom. The van der Waals surface area contributed by atoms with Crippen molar-refractivity contribution in [3.05, 3.63) is 47.2 Å². The molecule has 38 heavy (non-hydrogen) atoms. The number of H-pyrrole nitrogens is 1. The number of nitrogens with zero attached hydrogens (tertiary/aromatic N) is 4. The van der Waals surface area contributed by atoms with Crippen molar-refractivity contribution in [2.75, 3.05) is 11.9 Å². The number of tetrazole rings is 1. The van der Waals surface area contributed by atoms with Gasteiger partial charge in [0.15, 0.2) is 6.10 Å². The minimum atomic E-state index is -4.17. The second-order valence-electron chi connectivity index (χ2n) is 8.57. The van der Waals surface area contributed by atoms with E-state index < -0.39 is 48.1 Å². The molecule has 0 bridgehead atoms. The summed E-state index contributed by atoms with van der Waals surface area (Å²) < 4.78 is 11.2. The number of aromatic nitrogens is 4. The molecule has 1 aromatic carbocycles. The van der Waals surface area contributed by atoms with Gasteiger partial charge in [-0.05, 0) is 29.2 Å². The molecule has 2 aliphatic heterocycles. The molecule has 14 nitrogen and oxygen atoms in total. The highest BCUT2D eigenvalue weighted by Crippen LogP contribution is 2.45. The number of aromatic amines is 1. The lowest BCUT2D eigenvalue weighted by Crippen LogP contribution is -2.71. The molecule has 1 aromatic heterocycles. The molecule has 0 saturated carbocycles. The number of benzene rings is 1. The highest BCUT2D eigenvalue weighted by molar-refractivity contribution is 8.01. The summed E-state index contributed by atoms with van der Waals surface area (Å²) in [5.41, 5.74) is 0.592. The molecule has 2 amide bonds. The summed E-state index contributed by atoms with van der Waals surface area (Å²) in [7, 11) is -4.17. The van der Waals surface area contributed by atoms with Crippen LogP contribution < -0.4 is 5.32 Å². The van der Waals surface area contributed by atoms with Crippen LogP contribution in [0.5, 0.6) is 0 Å². The topological polar surface area (TPSA) is 219 Å². The Balaban J connectivity index is 1.51. The maximum atomic E-state index is 13.0. The lowest BCUT2D eigenvalue weighted by Gasteiger charge is -2.50. The van der Waals surface area contributed by atoms with Crippen LogP contribution in [-0.2, 0) is 18.9 Å². The summed E-state index contributed by atoms with van der Waals surface area (Å²) in [4.78, 5) is 57.4. The van der Waals surface area contributed by atoms with Gasteiger partial charge in [-0.1, -0.05) is 48.5 Å². The first-order valence-electron chi connectivity index (χ1n) is 11.5. The van der Waals surface area contributed by atoms with Crippen molar-refractivity contribution >= 4 is 48.9 Å². The maximum absolute atomic E-state index is 13.0. The summed E-state index contributed by atoms with van der Waals surface area (Å²) in [5, 5.41) is 35.6. The van der Waals surface area contributed by atoms with Crippen LogP contribution in [0.1, 0.15) is 30.9 Å². The Bertz CT molecular complexity index is 1260. The maximum Gasteiger partial charge on any atom is 0.352 e. The van der Waals surface area contributed by atoms with E-state index in [1.807, 2.05) is 0 Å². The van der Waals surface area contributed by atoms with E-state index in [1.165, 1.54) is 11.8 Å². The third-order valence-corrected chi connectivity index (χ3v) is 9.38. The number of carboxylic acid groups (broad SMARTS) is 1. The summed E-state index contributed by atoms with van der Waals surface area (Å²) in [6.07, 6.45) is -0.827. The summed E-state index contributed by atoms with van der Waals surface area (Å²) in [6, 6.07) is 7.22. The Morgan fingerprint density at radius 2 is 2.00 bits per heavy atom. The highest BCUT2D eigenvalue weighted by Gasteiger charge is 2.55. The predicted molar refractivity (Wildman–Crippen MR) is 136 cm³/mol. The van der Waals surface area contributed by atoms with Crippen molar-refractivity contribution in [3.8, 4) is 0 Å². The number of fused-ring (bicyclic) bond motifs is 1. The molecule has 4 atom stereocenters. The Hall–Kier alpha value is -2.75. The zero-order valence-electron chi connectivity index (χ0n) is 19.7. The number of hydrogen-bond donors (Lipinski definition) is 6. The predicted octanol–water partition coefficient (Wildman–Crippen LogP) is 0.481. The number of rotatable bonds is 12. The fourth-order valence-electron chi connectivity index (χ4n) is 4.19. The van der Waals surface area contributed by atoms with Gasteiger partial charge >= 0.3 is 13.6 Å². The summed E-state index contributed by atoms with van der Waals surface area (Å²) >= 11 is 2.41. The molecule has 17 heteroatoms. The first kappa shape index (κ1) is 28.3. The van der Waals surface area contributed by atoms with Crippen molar-refractivity contribution in [2.45, 2.75) is 47.2 Å². The summed E-state index contributed by atoms with van der Waals surface area (Å²) in [6.45, 7) is 0. The van der Waals surface area contributed by atoms with Crippen LogP contribution in [0.4, 0.5) is 0 Å². The van der Waals surface area contributed by atoms with E-state index in [0.717, 1.165) is 16.7 Å². The second-order valence-corrected chi connectivity index (χ2v) is 12.6. The largest absolute Gasteiger partial charge is 0.477 e. The lowest BCUT2D eigenvalue weighted by molar-refractivity contribution is -0.151. The Kier molecular flexibility index (Phi) is 8.90. The molecule has 2 aliphatic rings. The number of nitrogens with one attached hydrogen (secondary N) is 2. The molecule has 1 saturated heterocycles. The fraction of sp³-hybridized carbons (Fsp3) is 0.429. The van der Waals surface area contributed by atoms with E-state index in [0.29, 0.717) is 24.0 Å². The first-order chi connectivity index (χ1) is 18.1. The first-order valence-corrected chi connectivity index (χ1v) is 15.2. The minimum absolute atomic E-state index is 0.205. The van der Waals surface area contributed by atoms with Gasteiger partial charge in [0.05, 0.1) is 0 Å². The van der Waals surface area contributed by atoms with Crippen LogP contribution in [0.3, 0.4) is 0 Å². The van der Waals surface area contributed by atoms with Crippen molar-refractivity contribution in [1.82, 2.24) is 30.8 Å². The van der Waals surface area contributed by atoms with Crippen LogP contribution >= 0.6 is 31.1 Å². The third-order valence-electron chi connectivity index (χ3n) is 5.99. The van der Waals surface area contributed by atoms with Crippen LogP contribution in [0, 0.1) is 0 Å². The fourth-order valence-corrected chi connectivity index (χ4v) is 7.41. The van der Waals surface area contributed by atoms with Gasteiger partial charge in [0.2, 0.25) is 5.16 Å². The quantitative estimate of drug-likeness (QED) is 0.0866. The van der Waals surface area contributed by atoms with Crippen molar-refractivity contribution in [1.29, 1.82) is 0 Å². The number of aliphatic hydroxyl groups is 1. The standard InChI is InChI=1S/C21H25N6O8PS2/c28-16(11-6-2-1-3-7-11)17(29)22-14-18(30)27-15(20(31)32)12(10-37-19(14)27)13(38-21-23-25-26-24-21)8-4-5-9-36(33,34)35/h1-3,6-7,13-14,16,19,28H,4-5,8-10H2,(H,22,29)(H,31,32)(H2,33,34,35)(H,23,24,25,26)/t13?,14-,16?,19+/m1/s1. The van der Waals surface area contributed by atoms with Crippen LogP contribution in [-0.4, -0.2) is 91.9 Å².